The minimum Gasteiger partial charge on any atom is -0.481 e. The first kappa shape index (κ1) is 15.3. The molecule has 1 amide bonds. The lowest BCUT2D eigenvalue weighted by Crippen LogP contribution is -2.21. The molecule has 0 saturated heterocycles. The second-order valence-corrected chi connectivity index (χ2v) is 5.12. The Balaban J connectivity index is 2.06. The molecule has 1 aliphatic rings. The van der Waals surface area contributed by atoms with Crippen molar-refractivity contribution >= 4 is 12.2 Å². The van der Waals surface area contributed by atoms with Gasteiger partial charge in [-0.2, -0.15) is 0 Å². The van der Waals surface area contributed by atoms with Crippen molar-refractivity contribution in [3.8, 4) is 5.88 Å². The van der Waals surface area contributed by atoms with Crippen LogP contribution >= 0.6 is 0 Å². The fraction of sp³-hybridized carbons (Fsp3) is 0.467. The summed E-state index contributed by atoms with van der Waals surface area (Å²) in [7, 11) is 1.59. The summed E-state index contributed by atoms with van der Waals surface area (Å²) in [4.78, 5) is 14.7. The van der Waals surface area contributed by atoms with Gasteiger partial charge in [-0.05, 0) is 37.5 Å². The van der Waals surface area contributed by atoms with Crippen LogP contribution in [0.4, 0.5) is 4.79 Å². The third-order valence-electron chi connectivity index (χ3n) is 3.28. The van der Waals surface area contributed by atoms with Crippen LogP contribution in [0.1, 0.15) is 37.1 Å². The molecule has 1 aliphatic carbocycles. The molecular weight excluding hydrogens is 270 g/mol. The zero-order chi connectivity index (χ0) is 15.2. The Morgan fingerprint density at radius 2 is 2.33 bits per heavy atom. The Kier molecular flexibility index (Phi) is 5.16. The van der Waals surface area contributed by atoms with E-state index in [-0.39, 0.29) is 12.6 Å². The first-order valence-electron chi connectivity index (χ1n) is 7.04. The number of aromatic nitrogens is 1. The number of pyridine rings is 1. The van der Waals surface area contributed by atoms with E-state index in [2.05, 4.69) is 22.5 Å². The van der Waals surface area contributed by atoms with Gasteiger partial charge in [0.1, 0.15) is 0 Å². The molecule has 0 bridgehead atoms. The number of ether oxygens (including phenoxy) is 1. The highest BCUT2D eigenvalue weighted by Gasteiger charge is 2.23. The van der Waals surface area contributed by atoms with Crippen LogP contribution in [0.2, 0.25) is 0 Å². The predicted molar refractivity (Wildman–Crippen MR) is 80.4 cm³/mol. The zero-order valence-corrected chi connectivity index (χ0v) is 12.3. The van der Waals surface area contributed by atoms with Crippen molar-refractivity contribution in [3.05, 3.63) is 29.5 Å². The van der Waals surface area contributed by atoms with Crippen LogP contribution in [0.5, 0.6) is 5.88 Å². The van der Waals surface area contributed by atoms with Crippen molar-refractivity contribution in [2.75, 3.05) is 13.7 Å². The third-order valence-corrected chi connectivity index (χ3v) is 3.28. The SMILES string of the molecule is COc1cc(C(C)NC2CC2)cc(C=CCNC(=O)O)n1. The molecule has 0 aliphatic heterocycles. The molecular formula is C15H21N3O3. The van der Waals surface area contributed by atoms with E-state index in [1.807, 2.05) is 12.1 Å². The van der Waals surface area contributed by atoms with Gasteiger partial charge in [0.15, 0.2) is 0 Å². The van der Waals surface area contributed by atoms with Crippen LogP contribution in [0, 0.1) is 0 Å². The number of nitrogens with zero attached hydrogens (tertiary/aromatic N) is 1. The molecule has 1 unspecified atom stereocenters. The van der Waals surface area contributed by atoms with Crippen LogP contribution in [0.15, 0.2) is 18.2 Å². The van der Waals surface area contributed by atoms with Gasteiger partial charge in [0, 0.05) is 24.7 Å². The number of carboxylic acid groups (broad SMARTS) is 1. The Morgan fingerprint density at radius 3 is 2.95 bits per heavy atom. The highest BCUT2D eigenvalue weighted by molar-refractivity contribution is 5.64. The van der Waals surface area contributed by atoms with Gasteiger partial charge < -0.3 is 20.5 Å². The maximum absolute atomic E-state index is 10.4. The lowest BCUT2D eigenvalue weighted by atomic mass is 10.1. The highest BCUT2D eigenvalue weighted by atomic mass is 16.5. The molecule has 21 heavy (non-hydrogen) atoms. The summed E-state index contributed by atoms with van der Waals surface area (Å²) in [5, 5.41) is 14.3. The smallest absolute Gasteiger partial charge is 0.404 e. The number of hydrogen-bond acceptors (Lipinski definition) is 4. The molecule has 0 spiro atoms. The number of rotatable bonds is 7. The van der Waals surface area contributed by atoms with Crippen molar-refractivity contribution < 1.29 is 14.6 Å². The van der Waals surface area contributed by atoms with E-state index in [0.29, 0.717) is 11.9 Å². The Morgan fingerprint density at radius 1 is 1.57 bits per heavy atom. The minimum absolute atomic E-state index is 0.235. The van der Waals surface area contributed by atoms with Gasteiger partial charge in [0.05, 0.1) is 12.8 Å². The Hall–Kier alpha value is -2.08. The fourth-order valence-electron chi connectivity index (χ4n) is 2.01. The normalized spacial score (nSPS) is 15.9. The second-order valence-electron chi connectivity index (χ2n) is 5.12. The zero-order valence-electron chi connectivity index (χ0n) is 12.3. The summed E-state index contributed by atoms with van der Waals surface area (Å²) in [5.74, 6) is 0.558. The molecule has 0 radical (unpaired) electrons. The van der Waals surface area contributed by atoms with Gasteiger partial charge in [-0.25, -0.2) is 9.78 Å². The van der Waals surface area contributed by atoms with E-state index in [0.717, 1.165) is 11.3 Å². The predicted octanol–water partition coefficient (Wildman–Crippen LogP) is 2.18. The van der Waals surface area contributed by atoms with Gasteiger partial charge >= 0.3 is 6.09 Å². The van der Waals surface area contributed by atoms with Gasteiger partial charge in [-0.1, -0.05) is 6.08 Å². The molecule has 1 fully saturated rings. The average molecular weight is 291 g/mol. The average Bonchev–Trinajstić information content (AvgIpc) is 3.27. The topological polar surface area (TPSA) is 83.5 Å². The molecule has 2 rings (SSSR count). The minimum atomic E-state index is -1.04. The van der Waals surface area contributed by atoms with Crippen molar-refractivity contribution in [1.82, 2.24) is 15.6 Å². The maximum atomic E-state index is 10.4. The van der Waals surface area contributed by atoms with Crippen molar-refractivity contribution in [2.45, 2.75) is 31.8 Å². The summed E-state index contributed by atoms with van der Waals surface area (Å²) in [5.41, 5.74) is 1.86. The fourth-order valence-corrected chi connectivity index (χ4v) is 2.01. The van der Waals surface area contributed by atoms with E-state index in [9.17, 15) is 4.79 Å². The van der Waals surface area contributed by atoms with Gasteiger partial charge in [-0.3, -0.25) is 0 Å². The summed E-state index contributed by atoms with van der Waals surface area (Å²) in [6.45, 7) is 2.37. The number of amides is 1. The van der Waals surface area contributed by atoms with E-state index < -0.39 is 6.09 Å². The Labute approximate surface area is 124 Å². The summed E-state index contributed by atoms with van der Waals surface area (Å²) in [6, 6.07) is 4.77. The quantitative estimate of drug-likeness (QED) is 0.717. The van der Waals surface area contributed by atoms with E-state index in [1.54, 1.807) is 19.3 Å². The van der Waals surface area contributed by atoms with Crippen LogP contribution in [-0.2, 0) is 0 Å². The molecule has 6 nitrogen and oxygen atoms in total. The number of methoxy groups -OCH3 is 1. The molecule has 0 aromatic carbocycles. The molecule has 1 heterocycles. The molecule has 1 atom stereocenters. The van der Waals surface area contributed by atoms with Gasteiger partial charge in [0.2, 0.25) is 5.88 Å². The van der Waals surface area contributed by atoms with Crippen molar-refractivity contribution in [2.24, 2.45) is 0 Å². The number of carbonyl (C=O) groups is 1. The van der Waals surface area contributed by atoms with Crippen LogP contribution in [-0.4, -0.2) is 35.9 Å². The molecule has 1 aromatic rings. The van der Waals surface area contributed by atoms with E-state index >= 15 is 0 Å². The molecule has 1 aromatic heterocycles. The lowest BCUT2D eigenvalue weighted by molar-refractivity contribution is 0.195. The number of hydrogen-bond donors (Lipinski definition) is 3. The monoisotopic (exact) mass is 291 g/mol. The van der Waals surface area contributed by atoms with Crippen LogP contribution in [0.3, 0.4) is 0 Å². The van der Waals surface area contributed by atoms with Crippen molar-refractivity contribution in [1.29, 1.82) is 0 Å². The lowest BCUT2D eigenvalue weighted by Gasteiger charge is -2.15. The second kappa shape index (κ2) is 7.08. The Bertz CT molecular complexity index is 527. The van der Waals surface area contributed by atoms with E-state index in [1.165, 1.54) is 12.8 Å². The van der Waals surface area contributed by atoms with Gasteiger partial charge in [-0.15, -0.1) is 0 Å². The molecule has 1 saturated carbocycles. The third kappa shape index (κ3) is 5.07. The highest BCUT2D eigenvalue weighted by Crippen LogP contribution is 2.25. The van der Waals surface area contributed by atoms with Gasteiger partial charge in [0.25, 0.3) is 0 Å². The summed E-state index contributed by atoms with van der Waals surface area (Å²) >= 11 is 0. The molecule has 3 N–H and O–H groups in total. The summed E-state index contributed by atoms with van der Waals surface area (Å²) in [6.07, 6.45) is 4.94. The maximum Gasteiger partial charge on any atom is 0.404 e. The first-order chi connectivity index (χ1) is 10.1. The van der Waals surface area contributed by atoms with E-state index in [4.69, 9.17) is 9.84 Å². The van der Waals surface area contributed by atoms with Crippen molar-refractivity contribution in [3.63, 3.8) is 0 Å². The van der Waals surface area contributed by atoms with Crippen LogP contribution < -0.4 is 15.4 Å². The van der Waals surface area contributed by atoms with Crippen LogP contribution in [0.25, 0.3) is 6.08 Å². The molecule has 114 valence electrons. The largest absolute Gasteiger partial charge is 0.481 e. The molecule has 6 heteroatoms. The number of nitrogens with one attached hydrogen (secondary N) is 2. The summed E-state index contributed by atoms with van der Waals surface area (Å²) < 4.78 is 5.23. The standard InChI is InChI=1S/C15H21N3O3/c1-10(17-12-5-6-12)11-8-13(18-14(9-11)21-2)4-3-7-16-15(19)20/h3-4,8-10,12,16-17H,5-7H2,1-2H3,(H,19,20). The first-order valence-corrected chi connectivity index (χ1v) is 7.04.